The zero-order chi connectivity index (χ0) is 20.6. The lowest BCUT2D eigenvalue weighted by atomic mass is 9.99. The maximum atomic E-state index is 12.0. The highest BCUT2D eigenvalue weighted by molar-refractivity contribution is 5.93. The van der Waals surface area contributed by atoms with Crippen molar-refractivity contribution in [2.24, 2.45) is 10.9 Å². The van der Waals surface area contributed by atoms with Gasteiger partial charge in [0.2, 0.25) is 0 Å². The van der Waals surface area contributed by atoms with Crippen LogP contribution in [-0.2, 0) is 13.0 Å². The number of nitrogens with zero attached hydrogens (tertiary/aromatic N) is 3. The minimum absolute atomic E-state index is 0.0231. The Kier molecular flexibility index (Phi) is 7.28. The summed E-state index contributed by atoms with van der Waals surface area (Å²) in [7, 11) is 3.54. The first-order valence-corrected chi connectivity index (χ1v) is 10.4. The van der Waals surface area contributed by atoms with E-state index >= 15 is 0 Å². The van der Waals surface area contributed by atoms with Gasteiger partial charge in [0.05, 0.1) is 6.54 Å². The largest absolute Gasteiger partial charge is 0.357 e. The molecule has 0 spiro atoms. The van der Waals surface area contributed by atoms with Gasteiger partial charge >= 0.3 is 0 Å². The predicted molar refractivity (Wildman–Crippen MR) is 119 cm³/mol. The molecule has 0 radical (unpaired) electrons. The Morgan fingerprint density at radius 1 is 1.10 bits per heavy atom. The number of rotatable bonds is 6. The highest BCUT2D eigenvalue weighted by Crippen LogP contribution is 2.21. The smallest absolute Gasteiger partial charge is 0.253 e. The van der Waals surface area contributed by atoms with Crippen molar-refractivity contribution < 1.29 is 4.79 Å². The Hall–Kier alpha value is -2.82. The predicted octanol–water partition coefficient (Wildman–Crippen LogP) is 3.42. The summed E-state index contributed by atoms with van der Waals surface area (Å²) in [4.78, 5) is 20.8. The summed E-state index contributed by atoms with van der Waals surface area (Å²) in [6.45, 7) is 5.65. The topological polar surface area (TPSA) is 47.9 Å². The van der Waals surface area contributed by atoms with Crippen molar-refractivity contribution in [2.75, 3.05) is 33.7 Å². The third-order valence-electron chi connectivity index (χ3n) is 5.31. The van der Waals surface area contributed by atoms with Crippen molar-refractivity contribution >= 4 is 11.9 Å². The molecule has 1 saturated heterocycles. The van der Waals surface area contributed by atoms with E-state index in [-0.39, 0.29) is 5.91 Å². The van der Waals surface area contributed by atoms with Crippen LogP contribution in [-0.4, -0.2) is 55.4 Å². The molecule has 0 saturated carbocycles. The zero-order valence-electron chi connectivity index (χ0n) is 17.8. The van der Waals surface area contributed by atoms with Gasteiger partial charge in [0.1, 0.15) is 0 Å². The van der Waals surface area contributed by atoms with Crippen LogP contribution in [0, 0.1) is 5.92 Å². The van der Waals surface area contributed by atoms with Crippen LogP contribution in [0.4, 0.5) is 0 Å². The van der Waals surface area contributed by atoms with Crippen molar-refractivity contribution in [3.8, 4) is 0 Å². The Bertz CT molecular complexity index is 815. The number of carbonyl (C=O) groups is 1. The molecule has 154 valence electrons. The van der Waals surface area contributed by atoms with Gasteiger partial charge in [0.15, 0.2) is 5.96 Å². The SMILES string of the molecule is CCNC(=NCc1ccc(C(=O)N(C)C)cc1)N1CCC(Cc2ccccc2)C1. The normalized spacial score (nSPS) is 16.7. The number of hydrogen-bond acceptors (Lipinski definition) is 2. The fraction of sp³-hybridized carbons (Fsp3) is 0.417. The first-order valence-electron chi connectivity index (χ1n) is 10.4. The van der Waals surface area contributed by atoms with Crippen molar-refractivity contribution in [3.63, 3.8) is 0 Å². The summed E-state index contributed by atoms with van der Waals surface area (Å²) in [5.41, 5.74) is 3.22. The third kappa shape index (κ3) is 5.83. The summed E-state index contributed by atoms with van der Waals surface area (Å²) in [5.74, 6) is 1.67. The fourth-order valence-corrected chi connectivity index (χ4v) is 3.74. The van der Waals surface area contributed by atoms with Crippen molar-refractivity contribution in [1.29, 1.82) is 0 Å². The maximum Gasteiger partial charge on any atom is 0.253 e. The zero-order valence-corrected chi connectivity index (χ0v) is 17.8. The molecule has 1 fully saturated rings. The van der Waals surface area contributed by atoms with Gasteiger partial charge in [-0.25, -0.2) is 4.99 Å². The molecule has 1 N–H and O–H groups in total. The number of hydrogen-bond donors (Lipinski definition) is 1. The second-order valence-electron chi connectivity index (χ2n) is 7.86. The number of aliphatic imine (C=N–C) groups is 1. The van der Waals surface area contributed by atoms with E-state index in [4.69, 9.17) is 4.99 Å². The Morgan fingerprint density at radius 2 is 1.83 bits per heavy atom. The van der Waals surface area contributed by atoms with Gasteiger partial charge in [-0.3, -0.25) is 4.79 Å². The second-order valence-corrected chi connectivity index (χ2v) is 7.86. The monoisotopic (exact) mass is 392 g/mol. The molecule has 5 nitrogen and oxygen atoms in total. The standard InChI is InChI=1S/C24H32N4O/c1-4-25-24(26-17-20-10-12-22(13-11-20)23(29)27(2)3)28-15-14-21(18-28)16-19-8-6-5-7-9-19/h5-13,21H,4,14-18H2,1-3H3,(H,25,26). The van der Waals surface area contributed by atoms with Crippen LogP contribution in [0.3, 0.4) is 0 Å². The molecule has 1 aliphatic heterocycles. The molecule has 3 rings (SSSR count). The molecule has 1 atom stereocenters. The quantitative estimate of drug-likeness (QED) is 0.605. The van der Waals surface area contributed by atoms with Gasteiger partial charge in [-0.2, -0.15) is 0 Å². The van der Waals surface area contributed by atoms with E-state index in [1.165, 1.54) is 12.0 Å². The molecule has 29 heavy (non-hydrogen) atoms. The average molecular weight is 393 g/mol. The van der Waals surface area contributed by atoms with Crippen molar-refractivity contribution in [1.82, 2.24) is 15.1 Å². The van der Waals surface area contributed by atoms with Crippen LogP contribution in [0.5, 0.6) is 0 Å². The van der Waals surface area contributed by atoms with Crippen LogP contribution in [0.25, 0.3) is 0 Å². The van der Waals surface area contributed by atoms with Crippen LogP contribution in [0.2, 0.25) is 0 Å². The Labute approximate surface area is 174 Å². The number of amides is 1. The number of guanidine groups is 1. The molecule has 0 aliphatic carbocycles. The number of likely N-dealkylation sites (tertiary alicyclic amines) is 1. The molecule has 2 aromatic carbocycles. The van der Waals surface area contributed by atoms with Gasteiger partial charge in [-0.15, -0.1) is 0 Å². The Balaban J connectivity index is 1.60. The van der Waals surface area contributed by atoms with Crippen molar-refractivity contribution in [2.45, 2.75) is 26.3 Å². The number of carbonyl (C=O) groups excluding carboxylic acids is 1. The van der Waals surface area contributed by atoms with Crippen molar-refractivity contribution in [3.05, 3.63) is 71.3 Å². The molecule has 5 heteroatoms. The van der Waals surface area contributed by atoms with E-state index in [0.717, 1.165) is 37.6 Å². The fourth-order valence-electron chi connectivity index (χ4n) is 3.74. The lowest BCUT2D eigenvalue weighted by Crippen LogP contribution is -2.40. The van der Waals surface area contributed by atoms with Gasteiger partial charge in [-0.1, -0.05) is 42.5 Å². The molecule has 2 aromatic rings. The van der Waals surface area contributed by atoms with Gasteiger partial charge in [0.25, 0.3) is 5.91 Å². The molecular weight excluding hydrogens is 360 g/mol. The first kappa shape index (κ1) is 20.9. The van der Waals surface area contributed by atoms with E-state index in [1.807, 2.05) is 24.3 Å². The van der Waals surface area contributed by atoms with Gasteiger partial charge in [0, 0.05) is 39.3 Å². The lowest BCUT2D eigenvalue weighted by Gasteiger charge is -2.22. The number of benzene rings is 2. The Morgan fingerprint density at radius 3 is 2.48 bits per heavy atom. The van der Waals surface area contributed by atoms with E-state index < -0.39 is 0 Å². The molecule has 1 heterocycles. The summed E-state index contributed by atoms with van der Waals surface area (Å²) in [6.07, 6.45) is 2.32. The highest BCUT2D eigenvalue weighted by atomic mass is 16.2. The highest BCUT2D eigenvalue weighted by Gasteiger charge is 2.24. The van der Waals surface area contributed by atoms with E-state index in [2.05, 4.69) is 47.5 Å². The molecule has 1 unspecified atom stereocenters. The van der Waals surface area contributed by atoms with Crippen LogP contribution < -0.4 is 5.32 Å². The molecule has 0 aromatic heterocycles. The molecule has 0 bridgehead atoms. The number of nitrogens with one attached hydrogen (secondary N) is 1. The lowest BCUT2D eigenvalue weighted by molar-refractivity contribution is 0.0827. The molecule has 1 aliphatic rings. The van der Waals surface area contributed by atoms with Crippen LogP contribution in [0.1, 0.15) is 34.8 Å². The average Bonchev–Trinajstić information content (AvgIpc) is 3.20. The first-order chi connectivity index (χ1) is 14.1. The minimum atomic E-state index is 0.0231. The minimum Gasteiger partial charge on any atom is -0.357 e. The molecular formula is C24H32N4O. The summed E-state index contributed by atoms with van der Waals surface area (Å²) in [5, 5.41) is 3.44. The molecule has 1 amide bonds. The third-order valence-corrected chi connectivity index (χ3v) is 5.31. The van der Waals surface area contributed by atoms with Crippen LogP contribution in [0.15, 0.2) is 59.6 Å². The summed E-state index contributed by atoms with van der Waals surface area (Å²) >= 11 is 0. The van der Waals surface area contributed by atoms with Crippen LogP contribution >= 0.6 is 0 Å². The summed E-state index contributed by atoms with van der Waals surface area (Å²) < 4.78 is 0. The summed E-state index contributed by atoms with van der Waals surface area (Å²) in [6, 6.07) is 18.5. The van der Waals surface area contributed by atoms with E-state index in [1.54, 1.807) is 19.0 Å². The van der Waals surface area contributed by atoms with Gasteiger partial charge < -0.3 is 15.1 Å². The van der Waals surface area contributed by atoms with E-state index in [9.17, 15) is 4.79 Å². The maximum absolute atomic E-state index is 12.0. The van der Waals surface area contributed by atoms with E-state index in [0.29, 0.717) is 18.0 Å². The second kappa shape index (κ2) is 10.1. The van der Waals surface area contributed by atoms with Gasteiger partial charge in [-0.05, 0) is 48.9 Å².